The number of sulfonamides is 1. The van der Waals surface area contributed by atoms with Crippen molar-refractivity contribution in [3.8, 4) is 0 Å². The third kappa shape index (κ3) is 4.30. The van der Waals surface area contributed by atoms with Gasteiger partial charge in [0.25, 0.3) is 5.91 Å². The molecule has 0 atom stereocenters. The largest absolute Gasteiger partial charge is 0.326 e. The average Bonchev–Trinajstić information content (AvgIpc) is 3.04. The fourth-order valence-electron chi connectivity index (χ4n) is 4.03. The first-order chi connectivity index (χ1) is 15.3. The molecular weight excluding hydrogens is 450 g/mol. The summed E-state index contributed by atoms with van der Waals surface area (Å²) in [7, 11) is -3.74. The Hall–Kier alpha value is -2.68. The first-order valence-electron chi connectivity index (χ1n) is 10.5. The number of benzene rings is 2. The smallest absolute Gasteiger partial charge is 0.258 e. The second-order valence-corrected chi connectivity index (χ2v) is 10.2. The van der Waals surface area contributed by atoms with Gasteiger partial charge in [0.2, 0.25) is 15.9 Å². The topological polar surface area (TPSA) is 86.8 Å². The van der Waals surface area contributed by atoms with Crippen LogP contribution in [0.2, 0.25) is 5.02 Å². The number of anilines is 1. The van der Waals surface area contributed by atoms with Crippen LogP contribution < -0.4 is 5.32 Å². The van der Waals surface area contributed by atoms with Crippen molar-refractivity contribution >= 4 is 44.8 Å². The lowest BCUT2D eigenvalue weighted by molar-refractivity contribution is -0.116. The van der Waals surface area contributed by atoms with Gasteiger partial charge in [0.15, 0.2) is 0 Å². The minimum absolute atomic E-state index is 0.0163. The van der Waals surface area contributed by atoms with E-state index in [9.17, 15) is 18.0 Å². The highest BCUT2D eigenvalue weighted by Crippen LogP contribution is 2.32. The summed E-state index contributed by atoms with van der Waals surface area (Å²) < 4.78 is 27.4. The lowest BCUT2D eigenvalue weighted by Gasteiger charge is -2.26. The monoisotopic (exact) mass is 473 g/mol. The summed E-state index contributed by atoms with van der Waals surface area (Å²) in [5.41, 5.74) is 2.25. The highest BCUT2D eigenvalue weighted by atomic mass is 35.5. The van der Waals surface area contributed by atoms with E-state index >= 15 is 0 Å². The molecule has 9 heteroatoms. The Kier molecular flexibility index (Phi) is 6.37. The number of hydrogen-bond donors (Lipinski definition) is 1. The summed E-state index contributed by atoms with van der Waals surface area (Å²) >= 11 is 6.19. The molecule has 1 saturated heterocycles. The first-order valence-corrected chi connectivity index (χ1v) is 12.3. The number of nitrogens with zero attached hydrogens (tertiary/aromatic N) is 2. The Bertz CT molecular complexity index is 1150. The molecule has 0 aliphatic carbocycles. The molecule has 7 nitrogen and oxygen atoms in total. The van der Waals surface area contributed by atoms with E-state index in [1.807, 2.05) is 12.1 Å². The van der Waals surface area contributed by atoms with Crippen molar-refractivity contribution in [1.29, 1.82) is 0 Å². The number of halogens is 1. The summed E-state index contributed by atoms with van der Waals surface area (Å²) in [4.78, 5) is 26.6. The molecule has 0 radical (unpaired) electrons. The maximum absolute atomic E-state index is 13.0. The molecule has 0 unspecified atom stereocenters. The number of carbonyl (C=O) groups is 2. The van der Waals surface area contributed by atoms with E-state index in [2.05, 4.69) is 11.9 Å². The van der Waals surface area contributed by atoms with Crippen LogP contribution in [-0.2, 0) is 14.8 Å². The van der Waals surface area contributed by atoms with Crippen LogP contribution >= 0.6 is 11.6 Å². The molecule has 32 heavy (non-hydrogen) atoms. The molecule has 168 valence electrons. The normalized spacial score (nSPS) is 16.8. The van der Waals surface area contributed by atoms with Gasteiger partial charge in [-0.15, -0.1) is 0 Å². The van der Waals surface area contributed by atoms with E-state index in [1.54, 1.807) is 18.2 Å². The van der Waals surface area contributed by atoms with Gasteiger partial charge in [0.05, 0.1) is 5.02 Å². The first kappa shape index (κ1) is 22.5. The number of hydrogen-bond acceptors (Lipinski definition) is 4. The lowest BCUT2D eigenvalue weighted by atomic mass is 10.1. The van der Waals surface area contributed by atoms with Crippen LogP contribution in [0.5, 0.6) is 0 Å². The van der Waals surface area contributed by atoms with E-state index in [0.29, 0.717) is 30.0 Å². The predicted octanol–water partition coefficient (Wildman–Crippen LogP) is 3.97. The SMILES string of the molecule is C=C1c2ccccc2C(=O)N1CCC(=O)Nc1ccc(Cl)c(S(=O)(=O)N2CCCCC2)c1. The van der Waals surface area contributed by atoms with Gasteiger partial charge in [-0.25, -0.2) is 8.42 Å². The molecule has 0 saturated carbocycles. The van der Waals surface area contributed by atoms with Crippen molar-refractivity contribution in [2.24, 2.45) is 0 Å². The molecule has 4 rings (SSSR count). The molecule has 0 bridgehead atoms. The van der Waals surface area contributed by atoms with Crippen molar-refractivity contribution in [2.45, 2.75) is 30.6 Å². The molecule has 1 fully saturated rings. The van der Waals surface area contributed by atoms with E-state index < -0.39 is 10.0 Å². The van der Waals surface area contributed by atoms with E-state index in [4.69, 9.17) is 11.6 Å². The minimum atomic E-state index is -3.74. The lowest BCUT2D eigenvalue weighted by Crippen LogP contribution is -2.35. The predicted molar refractivity (Wildman–Crippen MR) is 124 cm³/mol. The van der Waals surface area contributed by atoms with Gasteiger partial charge in [-0.3, -0.25) is 9.59 Å². The van der Waals surface area contributed by atoms with Gasteiger partial charge < -0.3 is 10.2 Å². The van der Waals surface area contributed by atoms with Gasteiger partial charge in [-0.2, -0.15) is 4.31 Å². The Morgan fingerprint density at radius 1 is 1.06 bits per heavy atom. The quantitative estimate of drug-likeness (QED) is 0.687. The van der Waals surface area contributed by atoms with Crippen LogP contribution in [0.3, 0.4) is 0 Å². The van der Waals surface area contributed by atoms with Crippen LogP contribution in [0, 0.1) is 0 Å². The fraction of sp³-hybridized carbons (Fsp3) is 0.304. The number of amides is 2. The zero-order valence-electron chi connectivity index (χ0n) is 17.5. The third-order valence-electron chi connectivity index (χ3n) is 5.75. The number of rotatable bonds is 6. The second-order valence-electron chi connectivity index (χ2n) is 7.86. The van der Waals surface area contributed by atoms with Crippen molar-refractivity contribution < 1.29 is 18.0 Å². The van der Waals surface area contributed by atoms with E-state index in [0.717, 1.165) is 24.8 Å². The van der Waals surface area contributed by atoms with Crippen LogP contribution in [0.25, 0.3) is 5.70 Å². The van der Waals surface area contributed by atoms with Crippen molar-refractivity contribution in [3.63, 3.8) is 0 Å². The molecule has 2 heterocycles. The number of nitrogens with one attached hydrogen (secondary N) is 1. The van der Waals surface area contributed by atoms with Gasteiger partial charge in [-0.1, -0.05) is 42.8 Å². The minimum Gasteiger partial charge on any atom is -0.326 e. The zero-order chi connectivity index (χ0) is 22.9. The van der Waals surface area contributed by atoms with Crippen LogP contribution in [-0.4, -0.2) is 49.1 Å². The summed E-state index contributed by atoms with van der Waals surface area (Å²) in [6.45, 7) is 5.07. The molecule has 2 aromatic carbocycles. The molecule has 2 aromatic rings. The highest BCUT2D eigenvalue weighted by molar-refractivity contribution is 7.89. The summed E-state index contributed by atoms with van der Waals surface area (Å²) in [6, 6.07) is 11.6. The van der Waals surface area contributed by atoms with E-state index in [1.165, 1.54) is 21.3 Å². The highest BCUT2D eigenvalue weighted by Gasteiger charge is 2.31. The number of piperidine rings is 1. The van der Waals surface area contributed by atoms with Crippen LogP contribution in [0.1, 0.15) is 41.6 Å². The Morgan fingerprint density at radius 2 is 1.75 bits per heavy atom. The molecule has 2 amide bonds. The Labute approximate surface area is 192 Å². The maximum Gasteiger partial charge on any atom is 0.258 e. The number of carbonyl (C=O) groups excluding carboxylic acids is 2. The van der Waals surface area contributed by atoms with Crippen molar-refractivity contribution in [3.05, 3.63) is 65.2 Å². The summed E-state index contributed by atoms with van der Waals surface area (Å²) in [5.74, 6) is -0.523. The van der Waals surface area contributed by atoms with Crippen LogP contribution in [0.4, 0.5) is 5.69 Å². The second kappa shape index (κ2) is 9.05. The zero-order valence-corrected chi connectivity index (χ0v) is 19.1. The van der Waals surface area contributed by atoms with Crippen molar-refractivity contribution in [1.82, 2.24) is 9.21 Å². The molecule has 0 aromatic heterocycles. The van der Waals surface area contributed by atoms with Crippen LogP contribution in [0.15, 0.2) is 53.9 Å². The molecular formula is C23H24ClN3O4S. The molecule has 1 N–H and O–H groups in total. The van der Waals surface area contributed by atoms with Crippen molar-refractivity contribution in [2.75, 3.05) is 25.0 Å². The fourth-order valence-corrected chi connectivity index (χ4v) is 6.05. The third-order valence-corrected chi connectivity index (χ3v) is 8.13. The Morgan fingerprint density at radius 3 is 2.44 bits per heavy atom. The van der Waals surface area contributed by atoms with E-state index in [-0.39, 0.29) is 34.7 Å². The number of fused-ring (bicyclic) bond motifs is 1. The standard InChI is InChI=1S/C23H24ClN3O4S/c1-16-18-7-3-4-8-19(18)23(29)27(16)14-11-22(28)25-17-9-10-20(24)21(15-17)32(30,31)26-12-5-2-6-13-26/h3-4,7-10,15H,1-2,5-6,11-14H2,(H,25,28). The summed E-state index contributed by atoms with van der Waals surface area (Å²) in [5, 5.41) is 2.83. The Balaban J connectivity index is 1.43. The molecule has 2 aliphatic rings. The van der Waals surface area contributed by atoms with Gasteiger partial charge in [0.1, 0.15) is 4.90 Å². The average molecular weight is 474 g/mol. The van der Waals surface area contributed by atoms with Gasteiger partial charge in [-0.05, 0) is 37.1 Å². The molecule has 2 aliphatic heterocycles. The summed E-state index contributed by atoms with van der Waals surface area (Å²) in [6.07, 6.45) is 2.68. The maximum atomic E-state index is 13.0. The van der Waals surface area contributed by atoms with Gasteiger partial charge >= 0.3 is 0 Å². The molecule has 0 spiro atoms. The van der Waals surface area contributed by atoms with Gasteiger partial charge in [0, 0.05) is 48.6 Å².